The average molecular weight is 311 g/mol. The highest BCUT2D eigenvalue weighted by Gasteiger charge is 2.35. The van der Waals surface area contributed by atoms with Gasteiger partial charge >= 0.3 is 6.03 Å². The number of hydrogen-bond donors (Lipinski definition) is 2. The summed E-state index contributed by atoms with van der Waals surface area (Å²) >= 11 is 0. The van der Waals surface area contributed by atoms with Crippen LogP contribution in [0.5, 0.6) is 0 Å². The van der Waals surface area contributed by atoms with Gasteiger partial charge in [-0.1, -0.05) is 36.4 Å². The molecule has 0 spiro atoms. The smallest absolute Gasteiger partial charge is 0.318 e. The number of nitrogens with one attached hydrogen (secondary N) is 1. The molecule has 23 heavy (non-hydrogen) atoms. The summed E-state index contributed by atoms with van der Waals surface area (Å²) in [7, 11) is 0. The van der Waals surface area contributed by atoms with Crippen LogP contribution in [-0.2, 0) is 13.0 Å². The van der Waals surface area contributed by atoms with Crippen molar-refractivity contribution in [2.24, 2.45) is 0 Å². The first-order valence-electron chi connectivity index (χ1n) is 7.89. The van der Waals surface area contributed by atoms with Gasteiger partial charge < -0.3 is 15.3 Å². The van der Waals surface area contributed by atoms with E-state index < -0.39 is 6.10 Å². The predicted octanol–water partition coefficient (Wildman–Crippen LogP) is 1.97. The number of amides is 2. The minimum absolute atomic E-state index is 0.126. The van der Waals surface area contributed by atoms with Gasteiger partial charge in [-0.15, -0.1) is 0 Å². The van der Waals surface area contributed by atoms with Gasteiger partial charge in [-0.25, -0.2) is 4.79 Å². The highest BCUT2D eigenvalue weighted by atomic mass is 16.3. The zero-order valence-electron chi connectivity index (χ0n) is 12.9. The van der Waals surface area contributed by atoms with E-state index >= 15 is 0 Å². The Hall–Kier alpha value is -2.40. The Labute approximate surface area is 136 Å². The van der Waals surface area contributed by atoms with Gasteiger partial charge in [0.2, 0.25) is 0 Å². The zero-order chi connectivity index (χ0) is 16.1. The van der Waals surface area contributed by atoms with Crippen molar-refractivity contribution >= 4 is 6.03 Å². The summed E-state index contributed by atoms with van der Waals surface area (Å²) in [5, 5.41) is 13.2. The van der Waals surface area contributed by atoms with Gasteiger partial charge in [-0.3, -0.25) is 4.98 Å². The number of benzene rings is 1. The fourth-order valence-corrected chi connectivity index (χ4v) is 2.97. The molecule has 1 aromatic carbocycles. The summed E-state index contributed by atoms with van der Waals surface area (Å²) in [6, 6.07) is 13.3. The maximum atomic E-state index is 12.5. The van der Waals surface area contributed by atoms with Crippen molar-refractivity contribution in [3.8, 4) is 0 Å². The van der Waals surface area contributed by atoms with Gasteiger partial charge in [0, 0.05) is 25.5 Å². The number of pyridine rings is 1. The number of aromatic nitrogens is 1. The average Bonchev–Trinajstić information content (AvgIpc) is 2.95. The van der Waals surface area contributed by atoms with E-state index in [1.165, 1.54) is 0 Å². The Balaban J connectivity index is 1.62. The van der Waals surface area contributed by atoms with E-state index in [0.29, 0.717) is 25.9 Å². The first kappa shape index (κ1) is 15.5. The molecule has 0 aliphatic carbocycles. The molecule has 0 saturated carbocycles. The Morgan fingerprint density at radius 3 is 2.74 bits per heavy atom. The van der Waals surface area contributed by atoms with Crippen LogP contribution in [0.4, 0.5) is 4.79 Å². The van der Waals surface area contributed by atoms with Crippen LogP contribution in [0, 0.1) is 0 Å². The molecule has 1 aliphatic heterocycles. The molecule has 2 amide bonds. The monoisotopic (exact) mass is 311 g/mol. The summed E-state index contributed by atoms with van der Waals surface area (Å²) in [6.45, 7) is 1.07. The molecule has 0 bridgehead atoms. The Morgan fingerprint density at radius 1 is 1.22 bits per heavy atom. The topological polar surface area (TPSA) is 65.5 Å². The summed E-state index contributed by atoms with van der Waals surface area (Å²) in [5.74, 6) is 0. The summed E-state index contributed by atoms with van der Waals surface area (Å²) in [6.07, 6.45) is 4.25. The molecule has 1 fully saturated rings. The van der Waals surface area contributed by atoms with Crippen molar-refractivity contribution in [1.82, 2.24) is 15.2 Å². The van der Waals surface area contributed by atoms with Crippen molar-refractivity contribution in [1.29, 1.82) is 0 Å². The van der Waals surface area contributed by atoms with Crippen molar-refractivity contribution in [3.63, 3.8) is 0 Å². The molecule has 2 aromatic rings. The number of aliphatic hydroxyl groups is 1. The number of rotatable bonds is 4. The summed E-state index contributed by atoms with van der Waals surface area (Å²) < 4.78 is 0. The van der Waals surface area contributed by atoms with Crippen molar-refractivity contribution in [2.45, 2.75) is 31.5 Å². The summed E-state index contributed by atoms with van der Waals surface area (Å²) in [5.41, 5.74) is 2.09. The third kappa shape index (κ3) is 3.87. The minimum Gasteiger partial charge on any atom is -0.391 e. The third-order valence-corrected chi connectivity index (χ3v) is 4.23. The molecule has 1 aliphatic rings. The highest BCUT2D eigenvalue weighted by Crippen LogP contribution is 2.21. The van der Waals surface area contributed by atoms with Crippen LogP contribution < -0.4 is 5.32 Å². The van der Waals surface area contributed by atoms with E-state index in [4.69, 9.17) is 0 Å². The van der Waals surface area contributed by atoms with Crippen LogP contribution >= 0.6 is 0 Å². The van der Waals surface area contributed by atoms with Crippen molar-refractivity contribution in [2.75, 3.05) is 6.54 Å². The van der Waals surface area contributed by atoms with Gasteiger partial charge in [-0.05, 0) is 30.0 Å². The molecule has 2 atom stereocenters. The number of carbonyl (C=O) groups is 1. The van der Waals surface area contributed by atoms with E-state index in [0.717, 1.165) is 11.1 Å². The number of nitrogens with zero attached hydrogens (tertiary/aromatic N) is 2. The van der Waals surface area contributed by atoms with Gasteiger partial charge in [0.1, 0.15) is 0 Å². The summed E-state index contributed by atoms with van der Waals surface area (Å²) in [4.78, 5) is 18.3. The van der Waals surface area contributed by atoms with E-state index in [1.807, 2.05) is 42.5 Å². The highest BCUT2D eigenvalue weighted by molar-refractivity contribution is 5.75. The molecule has 3 rings (SSSR count). The second-order valence-electron chi connectivity index (χ2n) is 5.83. The molecule has 120 valence electrons. The molecule has 5 heteroatoms. The van der Waals surface area contributed by atoms with Gasteiger partial charge in [0.05, 0.1) is 12.1 Å². The first-order valence-corrected chi connectivity index (χ1v) is 7.89. The van der Waals surface area contributed by atoms with Crippen LogP contribution in [0.25, 0.3) is 0 Å². The first-order chi connectivity index (χ1) is 11.2. The maximum Gasteiger partial charge on any atom is 0.318 e. The normalized spacial score (nSPS) is 20.5. The van der Waals surface area contributed by atoms with Gasteiger partial charge in [0.15, 0.2) is 0 Å². The second-order valence-corrected chi connectivity index (χ2v) is 5.83. The molecular formula is C18H21N3O2. The Kier molecular flexibility index (Phi) is 4.88. The van der Waals surface area contributed by atoms with E-state index in [1.54, 1.807) is 17.3 Å². The Bertz CT molecular complexity index is 633. The molecule has 0 radical (unpaired) electrons. The SMILES string of the molecule is O=C(NCc1ccccc1)N1CC[C@H](O)[C@@H]1Cc1cccnc1. The number of hydrogen-bond acceptors (Lipinski definition) is 3. The van der Waals surface area contributed by atoms with Gasteiger partial charge in [-0.2, -0.15) is 0 Å². The molecule has 5 nitrogen and oxygen atoms in total. The molecule has 1 saturated heterocycles. The third-order valence-electron chi connectivity index (χ3n) is 4.23. The van der Waals surface area contributed by atoms with Crippen LogP contribution in [0.1, 0.15) is 17.5 Å². The number of likely N-dealkylation sites (tertiary alicyclic amines) is 1. The second kappa shape index (κ2) is 7.24. The van der Waals surface area contributed by atoms with Gasteiger partial charge in [0.25, 0.3) is 0 Å². The lowest BCUT2D eigenvalue weighted by Gasteiger charge is -2.26. The lowest BCUT2D eigenvalue weighted by Crippen LogP contribution is -2.46. The van der Waals surface area contributed by atoms with Crippen molar-refractivity contribution < 1.29 is 9.90 Å². The molecule has 2 N–H and O–H groups in total. The lowest BCUT2D eigenvalue weighted by molar-refractivity contribution is 0.122. The Morgan fingerprint density at radius 2 is 2.00 bits per heavy atom. The zero-order valence-corrected chi connectivity index (χ0v) is 12.9. The van der Waals surface area contributed by atoms with Crippen molar-refractivity contribution in [3.05, 3.63) is 66.0 Å². The van der Waals surface area contributed by atoms with Crippen LogP contribution in [0.2, 0.25) is 0 Å². The van der Waals surface area contributed by atoms with E-state index in [-0.39, 0.29) is 12.1 Å². The predicted molar refractivity (Wildman–Crippen MR) is 87.7 cm³/mol. The quantitative estimate of drug-likeness (QED) is 0.907. The van der Waals surface area contributed by atoms with Crippen LogP contribution in [-0.4, -0.2) is 39.7 Å². The molecule has 0 unspecified atom stereocenters. The van der Waals surface area contributed by atoms with E-state index in [9.17, 15) is 9.90 Å². The number of urea groups is 1. The number of aliphatic hydroxyl groups excluding tert-OH is 1. The molecular weight excluding hydrogens is 290 g/mol. The fourth-order valence-electron chi connectivity index (χ4n) is 2.97. The number of carbonyl (C=O) groups excluding carboxylic acids is 1. The van der Waals surface area contributed by atoms with E-state index in [2.05, 4.69) is 10.3 Å². The van der Waals surface area contributed by atoms with Crippen LogP contribution in [0.15, 0.2) is 54.9 Å². The standard InChI is InChI=1S/C18H21N3O2/c22-17-8-10-21(16(17)11-15-7-4-9-19-12-15)18(23)20-13-14-5-2-1-3-6-14/h1-7,9,12,16-17,22H,8,10-11,13H2,(H,20,23)/t16-,17-/m0/s1. The largest absolute Gasteiger partial charge is 0.391 e. The lowest BCUT2D eigenvalue weighted by atomic mass is 10.0. The fraction of sp³-hybridized carbons (Fsp3) is 0.333. The minimum atomic E-state index is -0.488. The maximum absolute atomic E-state index is 12.5. The molecule has 1 aromatic heterocycles. The van der Waals surface area contributed by atoms with Crippen LogP contribution in [0.3, 0.4) is 0 Å². The molecule has 2 heterocycles.